The number of anilines is 1. The molecule has 108 valence electrons. The van der Waals surface area contributed by atoms with E-state index >= 15 is 0 Å². The van der Waals surface area contributed by atoms with E-state index < -0.39 is 10.0 Å². The monoisotopic (exact) mass is 295 g/mol. The molecule has 20 heavy (non-hydrogen) atoms. The summed E-state index contributed by atoms with van der Waals surface area (Å²) in [5.41, 5.74) is 3.09. The molecule has 0 fully saturated rings. The summed E-state index contributed by atoms with van der Waals surface area (Å²) in [4.78, 5) is 7.18. The Kier molecular flexibility index (Phi) is 4.38. The van der Waals surface area contributed by atoms with Crippen LogP contribution >= 0.6 is 0 Å². The van der Waals surface area contributed by atoms with Crippen LogP contribution in [0.2, 0.25) is 0 Å². The summed E-state index contributed by atoms with van der Waals surface area (Å²) in [6.07, 6.45) is 3.84. The number of aromatic amines is 1. The summed E-state index contributed by atoms with van der Waals surface area (Å²) in [5.74, 6) is 5.84. The Labute approximate surface area is 117 Å². The summed E-state index contributed by atoms with van der Waals surface area (Å²) < 4.78 is 27.2. The molecule has 8 heteroatoms. The average molecular weight is 295 g/mol. The van der Waals surface area contributed by atoms with E-state index in [9.17, 15) is 8.42 Å². The molecule has 1 aromatic heterocycles. The fraction of sp³-hybridized carbons (Fsp3) is 0.250. The van der Waals surface area contributed by atoms with Gasteiger partial charge in [-0.3, -0.25) is 5.84 Å². The molecule has 0 saturated carbocycles. The smallest absolute Gasteiger partial charge is 0.241 e. The van der Waals surface area contributed by atoms with Gasteiger partial charge < -0.3 is 10.4 Å². The van der Waals surface area contributed by atoms with Crippen LogP contribution in [0.3, 0.4) is 0 Å². The molecular weight excluding hydrogens is 278 g/mol. The van der Waals surface area contributed by atoms with Crippen LogP contribution in [-0.4, -0.2) is 18.4 Å². The predicted molar refractivity (Wildman–Crippen MR) is 76.2 cm³/mol. The van der Waals surface area contributed by atoms with Crippen LogP contribution in [-0.2, 0) is 10.0 Å². The van der Waals surface area contributed by atoms with Gasteiger partial charge in [0.1, 0.15) is 5.82 Å². The number of hydrazine groups is 1. The van der Waals surface area contributed by atoms with Gasteiger partial charge in [0, 0.05) is 18.1 Å². The van der Waals surface area contributed by atoms with Gasteiger partial charge in [-0.2, -0.15) is 0 Å². The van der Waals surface area contributed by atoms with E-state index in [-0.39, 0.29) is 10.9 Å². The number of benzene rings is 1. The number of nitrogens with one attached hydrogen (secondary N) is 3. The third-order valence-corrected chi connectivity index (χ3v) is 4.37. The van der Waals surface area contributed by atoms with Crippen molar-refractivity contribution in [3.8, 4) is 0 Å². The van der Waals surface area contributed by atoms with Gasteiger partial charge in [-0.25, -0.2) is 18.1 Å². The summed E-state index contributed by atoms with van der Waals surface area (Å²) in [6, 6.07) is 5.80. The van der Waals surface area contributed by atoms with Crippen molar-refractivity contribution in [2.24, 2.45) is 5.84 Å². The third kappa shape index (κ3) is 3.16. The van der Waals surface area contributed by atoms with Crippen LogP contribution in [0, 0.1) is 0 Å². The highest BCUT2D eigenvalue weighted by Crippen LogP contribution is 2.18. The Morgan fingerprint density at radius 1 is 1.35 bits per heavy atom. The molecule has 1 heterocycles. The summed E-state index contributed by atoms with van der Waals surface area (Å²) in [5, 5.41) is 0. The van der Waals surface area contributed by atoms with Crippen molar-refractivity contribution in [1.29, 1.82) is 0 Å². The van der Waals surface area contributed by atoms with Crippen molar-refractivity contribution < 1.29 is 8.42 Å². The Morgan fingerprint density at radius 3 is 2.55 bits per heavy atom. The molecule has 1 unspecified atom stereocenters. The van der Waals surface area contributed by atoms with Gasteiger partial charge in [0.15, 0.2) is 0 Å². The number of aromatic nitrogens is 2. The fourth-order valence-corrected chi connectivity index (χ4v) is 3.07. The minimum Gasteiger partial charge on any atom is -0.347 e. The number of rotatable bonds is 6. The quantitative estimate of drug-likeness (QED) is 0.471. The van der Waals surface area contributed by atoms with E-state index in [1.807, 2.05) is 6.92 Å². The summed E-state index contributed by atoms with van der Waals surface area (Å²) in [7, 11) is -3.60. The molecule has 1 atom stereocenters. The van der Waals surface area contributed by atoms with Crippen LogP contribution in [0.4, 0.5) is 5.69 Å². The van der Waals surface area contributed by atoms with Crippen LogP contribution < -0.4 is 16.0 Å². The Hall–Kier alpha value is -1.90. The second-order valence-electron chi connectivity index (χ2n) is 4.23. The van der Waals surface area contributed by atoms with Crippen LogP contribution in [0.1, 0.15) is 25.2 Å². The number of nitrogen functional groups attached to an aromatic ring is 1. The summed E-state index contributed by atoms with van der Waals surface area (Å²) >= 11 is 0. The van der Waals surface area contributed by atoms with Crippen molar-refractivity contribution in [2.75, 3.05) is 5.43 Å². The lowest BCUT2D eigenvalue weighted by molar-refractivity contribution is 0.539. The SMILES string of the molecule is CCC(NS(=O)(=O)c1ccc(NN)cc1)c1ncc[nH]1. The lowest BCUT2D eigenvalue weighted by atomic mass is 10.2. The zero-order chi connectivity index (χ0) is 14.6. The molecule has 0 bridgehead atoms. The highest BCUT2D eigenvalue weighted by Gasteiger charge is 2.21. The summed E-state index contributed by atoms with van der Waals surface area (Å²) in [6.45, 7) is 1.89. The molecule has 0 radical (unpaired) electrons. The normalized spacial score (nSPS) is 13.1. The number of hydrogen-bond acceptors (Lipinski definition) is 5. The van der Waals surface area contributed by atoms with E-state index in [1.54, 1.807) is 24.5 Å². The predicted octanol–water partition coefficient (Wildman–Crippen LogP) is 1.12. The minimum atomic E-state index is -3.60. The first-order valence-corrected chi connectivity index (χ1v) is 7.63. The second kappa shape index (κ2) is 6.04. The molecule has 1 aromatic carbocycles. The van der Waals surface area contributed by atoms with E-state index in [1.165, 1.54) is 12.1 Å². The molecule has 0 spiro atoms. The topological polar surface area (TPSA) is 113 Å². The van der Waals surface area contributed by atoms with Crippen LogP contribution in [0.15, 0.2) is 41.6 Å². The van der Waals surface area contributed by atoms with Gasteiger partial charge in [0.25, 0.3) is 0 Å². The lowest BCUT2D eigenvalue weighted by Crippen LogP contribution is -2.29. The first-order valence-electron chi connectivity index (χ1n) is 6.15. The molecule has 0 saturated heterocycles. The minimum absolute atomic E-state index is 0.182. The zero-order valence-electron chi connectivity index (χ0n) is 11.0. The van der Waals surface area contributed by atoms with Crippen molar-refractivity contribution in [3.05, 3.63) is 42.5 Å². The first-order chi connectivity index (χ1) is 9.56. The molecule has 0 aliphatic heterocycles. The maximum atomic E-state index is 12.3. The average Bonchev–Trinajstić information content (AvgIpc) is 2.99. The van der Waals surface area contributed by atoms with Gasteiger partial charge in [-0.05, 0) is 30.7 Å². The molecule has 2 aromatic rings. The zero-order valence-corrected chi connectivity index (χ0v) is 11.8. The van der Waals surface area contributed by atoms with Crippen molar-refractivity contribution >= 4 is 15.7 Å². The number of nitrogens with zero attached hydrogens (tertiary/aromatic N) is 1. The van der Waals surface area contributed by atoms with E-state index in [2.05, 4.69) is 20.1 Å². The second-order valence-corrected chi connectivity index (χ2v) is 5.94. The molecule has 0 aliphatic carbocycles. The molecule has 0 amide bonds. The van der Waals surface area contributed by atoms with Crippen molar-refractivity contribution in [2.45, 2.75) is 24.3 Å². The van der Waals surface area contributed by atoms with Gasteiger partial charge in [-0.1, -0.05) is 6.92 Å². The maximum Gasteiger partial charge on any atom is 0.241 e. The molecule has 7 nitrogen and oxygen atoms in total. The van der Waals surface area contributed by atoms with Gasteiger partial charge in [-0.15, -0.1) is 0 Å². The number of nitrogens with two attached hydrogens (primary N) is 1. The van der Waals surface area contributed by atoms with Gasteiger partial charge in [0.2, 0.25) is 10.0 Å². The van der Waals surface area contributed by atoms with E-state index in [0.717, 1.165) is 0 Å². The highest BCUT2D eigenvalue weighted by molar-refractivity contribution is 7.89. The van der Waals surface area contributed by atoms with Crippen molar-refractivity contribution in [1.82, 2.24) is 14.7 Å². The largest absolute Gasteiger partial charge is 0.347 e. The Balaban J connectivity index is 2.21. The van der Waals surface area contributed by atoms with E-state index in [4.69, 9.17) is 5.84 Å². The van der Waals surface area contributed by atoms with Gasteiger partial charge in [0.05, 0.1) is 10.9 Å². The molecular formula is C12H17N5O2S. The molecule has 5 N–H and O–H groups in total. The maximum absolute atomic E-state index is 12.3. The Bertz CT molecular complexity index is 637. The number of hydrogen-bond donors (Lipinski definition) is 4. The standard InChI is InChI=1S/C12H17N5O2S/c1-2-11(12-14-7-8-15-12)17-20(18,19)10-5-3-9(16-13)4-6-10/h3-8,11,16-17H,2,13H2,1H3,(H,14,15). The molecule has 2 rings (SSSR count). The highest BCUT2D eigenvalue weighted by atomic mass is 32.2. The van der Waals surface area contributed by atoms with Crippen molar-refractivity contribution in [3.63, 3.8) is 0 Å². The van der Waals surface area contributed by atoms with Crippen LogP contribution in [0.5, 0.6) is 0 Å². The number of sulfonamides is 1. The lowest BCUT2D eigenvalue weighted by Gasteiger charge is -2.15. The first kappa shape index (κ1) is 14.5. The molecule has 0 aliphatic rings. The number of imidazole rings is 1. The Morgan fingerprint density at radius 2 is 2.05 bits per heavy atom. The van der Waals surface area contributed by atoms with Gasteiger partial charge >= 0.3 is 0 Å². The fourth-order valence-electron chi connectivity index (χ4n) is 1.79. The van der Waals surface area contributed by atoms with E-state index in [0.29, 0.717) is 17.9 Å². The third-order valence-electron chi connectivity index (χ3n) is 2.89. The number of H-pyrrole nitrogens is 1. The van der Waals surface area contributed by atoms with Crippen LogP contribution in [0.25, 0.3) is 0 Å².